The molecule has 0 radical (unpaired) electrons. The van der Waals surface area contributed by atoms with Gasteiger partial charge in [0.25, 0.3) is 0 Å². The largest absolute Gasteiger partial charge is 0.463 e. The van der Waals surface area contributed by atoms with E-state index in [-0.39, 0.29) is 23.8 Å². The molecular weight excluding hydrogens is 270 g/mol. The van der Waals surface area contributed by atoms with E-state index in [0.29, 0.717) is 0 Å². The summed E-state index contributed by atoms with van der Waals surface area (Å²) in [7, 11) is 2.10. The summed E-state index contributed by atoms with van der Waals surface area (Å²) in [6, 6.07) is 0. The molecular formula is C16H27NO4. The molecule has 1 fully saturated rings. The predicted molar refractivity (Wildman–Crippen MR) is 80.8 cm³/mol. The Bertz CT molecular complexity index is 408. The number of hydrogen-bond acceptors (Lipinski definition) is 5. The van der Waals surface area contributed by atoms with Gasteiger partial charge in [-0.15, -0.1) is 0 Å². The number of carbonyl (C=O) groups is 2. The highest BCUT2D eigenvalue weighted by Gasteiger charge is 2.44. The fraction of sp³-hybridized carbons (Fsp3) is 0.750. The molecule has 1 aliphatic heterocycles. The number of piperidine rings is 1. The van der Waals surface area contributed by atoms with Crippen molar-refractivity contribution in [1.82, 2.24) is 4.90 Å². The Morgan fingerprint density at radius 2 is 1.57 bits per heavy atom. The maximum absolute atomic E-state index is 11.8. The quantitative estimate of drug-likeness (QED) is 0.588. The summed E-state index contributed by atoms with van der Waals surface area (Å²) in [4.78, 5) is 25.3. The summed E-state index contributed by atoms with van der Waals surface area (Å²) in [5.41, 5.74) is -0.0882. The van der Waals surface area contributed by atoms with Gasteiger partial charge in [-0.05, 0) is 41.7 Å². The molecule has 1 rings (SSSR count). The van der Waals surface area contributed by atoms with Gasteiger partial charge in [0, 0.05) is 36.1 Å². The van der Waals surface area contributed by atoms with Crippen molar-refractivity contribution in [3.63, 3.8) is 0 Å². The predicted octanol–water partition coefficient (Wildman–Crippen LogP) is 2.30. The SMILES string of the molecule is CCOC(=O)/C=C\C(=O)OC1CC(C)(C)N(C)C(C)(C)C1. The highest BCUT2D eigenvalue weighted by atomic mass is 16.5. The Hall–Kier alpha value is -1.36. The van der Waals surface area contributed by atoms with E-state index in [2.05, 4.69) is 39.6 Å². The van der Waals surface area contributed by atoms with Gasteiger partial charge in [-0.2, -0.15) is 0 Å². The van der Waals surface area contributed by atoms with Gasteiger partial charge in [0.2, 0.25) is 0 Å². The minimum absolute atomic E-state index is 0.0441. The van der Waals surface area contributed by atoms with E-state index in [4.69, 9.17) is 9.47 Å². The first-order valence-electron chi connectivity index (χ1n) is 7.38. The third-order valence-electron chi connectivity index (χ3n) is 4.20. The van der Waals surface area contributed by atoms with Gasteiger partial charge < -0.3 is 9.47 Å². The van der Waals surface area contributed by atoms with Crippen LogP contribution in [0.25, 0.3) is 0 Å². The maximum Gasteiger partial charge on any atom is 0.331 e. The van der Waals surface area contributed by atoms with Crippen LogP contribution in [0.2, 0.25) is 0 Å². The number of likely N-dealkylation sites (tertiary alicyclic amines) is 1. The second-order valence-electron chi connectivity index (χ2n) is 6.74. The van der Waals surface area contributed by atoms with Crippen molar-refractivity contribution in [3.8, 4) is 0 Å². The molecule has 120 valence electrons. The first-order chi connectivity index (χ1) is 9.58. The Morgan fingerprint density at radius 1 is 1.10 bits per heavy atom. The monoisotopic (exact) mass is 297 g/mol. The van der Waals surface area contributed by atoms with E-state index in [1.165, 1.54) is 0 Å². The second kappa shape index (κ2) is 6.60. The number of ether oxygens (including phenoxy) is 2. The van der Waals surface area contributed by atoms with Crippen LogP contribution in [-0.2, 0) is 19.1 Å². The average Bonchev–Trinajstić information content (AvgIpc) is 2.33. The average molecular weight is 297 g/mol. The molecule has 0 aromatic heterocycles. The topological polar surface area (TPSA) is 55.8 Å². The van der Waals surface area contributed by atoms with E-state index in [1.807, 2.05) is 0 Å². The van der Waals surface area contributed by atoms with Gasteiger partial charge in [-0.25, -0.2) is 9.59 Å². The van der Waals surface area contributed by atoms with Crippen LogP contribution in [0, 0.1) is 0 Å². The van der Waals surface area contributed by atoms with Gasteiger partial charge in [0.05, 0.1) is 6.61 Å². The highest BCUT2D eigenvalue weighted by molar-refractivity contribution is 5.91. The van der Waals surface area contributed by atoms with Crippen molar-refractivity contribution in [1.29, 1.82) is 0 Å². The lowest BCUT2D eigenvalue weighted by Gasteiger charge is -2.53. The Kier molecular flexibility index (Phi) is 5.56. The minimum atomic E-state index is -0.529. The third kappa shape index (κ3) is 4.84. The van der Waals surface area contributed by atoms with E-state index in [9.17, 15) is 9.59 Å². The molecule has 1 aliphatic rings. The lowest BCUT2D eigenvalue weighted by atomic mass is 9.79. The lowest BCUT2D eigenvalue weighted by molar-refractivity contribution is -0.153. The second-order valence-corrected chi connectivity index (χ2v) is 6.74. The Morgan fingerprint density at radius 3 is 2.05 bits per heavy atom. The summed E-state index contributed by atoms with van der Waals surface area (Å²) in [5.74, 6) is -1.03. The number of rotatable bonds is 4. The molecule has 0 unspecified atom stereocenters. The standard InChI is InChI=1S/C16H27NO4/c1-7-20-13(18)8-9-14(19)21-12-10-15(2,3)17(6)16(4,5)11-12/h8-9,12H,7,10-11H2,1-6H3/b9-8-. The van der Waals surface area contributed by atoms with Gasteiger partial charge >= 0.3 is 11.9 Å². The van der Waals surface area contributed by atoms with Crippen LogP contribution in [0.1, 0.15) is 47.5 Å². The summed E-state index contributed by atoms with van der Waals surface area (Å²) < 4.78 is 10.2. The van der Waals surface area contributed by atoms with Gasteiger partial charge in [0.1, 0.15) is 6.10 Å². The van der Waals surface area contributed by atoms with E-state index in [1.54, 1.807) is 6.92 Å². The van der Waals surface area contributed by atoms with E-state index in [0.717, 1.165) is 25.0 Å². The summed E-state index contributed by atoms with van der Waals surface area (Å²) >= 11 is 0. The first-order valence-corrected chi connectivity index (χ1v) is 7.38. The third-order valence-corrected chi connectivity index (χ3v) is 4.20. The molecule has 5 nitrogen and oxygen atoms in total. The number of carbonyl (C=O) groups excluding carboxylic acids is 2. The van der Waals surface area contributed by atoms with Crippen molar-refractivity contribution in [2.24, 2.45) is 0 Å². The lowest BCUT2D eigenvalue weighted by Crippen LogP contribution is -2.60. The first kappa shape index (κ1) is 17.7. The molecule has 0 bridgehead atoms. The molecule has 0 aromatic rings. The number of hydrogen-bond donors (Lipinski definition) is 0. The molecule has 0 N–H and O–H groups in total. The number of nitrogens with zero attached hydrogens (tertiary/aromatic N) is 1. The smallest absolute Gasteiger partial charge is 0.331 e. The fourth-order valence-electron chi connectivity index (χ4n) is 2.89. The van der Waals surface area contributed by atoms with Crippen LogP contribution in [-0.4, -0.2) is 47.7 Å². The van der Waals surface area contributed by atoms with Crippen LogP contribution in [0.4, 0.5) is 0 Å². The van der Waals surface area contributed by atoms with E-state index >= 15 is 0 Å². The van der Waals surface area contributed by atoms with Crippen LogP contribution in [0.15, 0.2) is 12.2 Å². The van der Waals surface area contributed by atoms with Crippen LogP contribution < -0.4 is 0 Å². The van der Waals surface area contributed by atoms with Crippen molar-refractivity contribution < 1.29 is 19.1 Å². The molecule has 21 heavy (non-hydrogen) atoms. The zero-order chi connectivity index (χ0) is 16.3. The molecule has 0 spiro atoms. The molecule has 1 heterocycles. The van der Waals surface area contributed by atoms with Crippen molar-refractivity contribution in [3.05, 3.63) is 12.2 Å². The highest BCUT2D eigenvalue weighted by Crippen LogP contribution is 2.38. The molecule has 1 saturated heterocycles. The summed E-state index contributed by atoms with van der Waals surface area (Å²) in [6.07, 6.45) is 3.64. The minimum Gasteiger partial charge on any atom is -0.463 e. The molecule has 0 aliphatic carbocycles. The maximum atomic E-state index is 11.8. The molecule has 0 atom stereocenters. The van der Waals surface area contributed by atoms with Crippen molar-refractivity contribution in [2.75, 3.05) is 13.7 Å². The normalized spacial score (nSPS) is 22.2. The summed E-state index contributed by atoms with van der Waals surface area (Å²) in [6.45, 7) is 10.6. The van der Waals surface area contributed by atoms with Crippen molar-refractivity contribution in [2.45, 2.75) is 64.6 Å². The number of esters is 2. The van der Waals surface area contributed by atoms with Gasteiger partial charge in [-0.3, -0.25) is 4.90 Å². The zero-order valence-corrected chi connectivity index (χ0v) is 13.9. The Labute approximate surface area is 127 Å². The van der Waals surface area contributed by atoms with E-state index < -0.39 is 11.9 Å². The fourth-order valence-corrected chi connectivity index (χ4v) is 2.89. The zero-order valence-electron chi connectivity index (χ0n) is 13.9. The molecule has 0 saturated carbocycles. The summed E-state index contributed by atoms with van der Waals surface area (Å²) in [5, 5.41) is 0. The van der Waals surface area contributed by atoms with Crippen LogP contribution in [0.3, 0.4) is 0 Å². The Balaban J connectivity index is 2.63. The molecule has 0 amide bonds. The molecule has 5 heteroatoms. The van der Waals surface area contributed by atoms with Crippen LogP contribution in [0.5, 0.6) is 0 Å². The molecule has 0 aromatic carbocycles. The van der Waals surface area contributed by atoms with Gasteiger partial charge in [-0.1, -0.05) is 0 Å². The van der Waals surface area contributed by atoms with Crippen LogP contribution >= 0.6 is 0 Å². The van der Waals surface area contributed by atoms with Gasteiger partial charge in [0.15, 0.2) is 0 Å². The van der Waals surface area contributed by atoms with Crippen molar-refractivity contribution >= 4 is 11.9 Å².